The van der Waals surface area contributed by atoms with E-state index in [-0.39, 0.29) is 12.5 Å². The summed E-state index contributed by atoms with van der Waals surface area (Å²) >= 11 is 0. The number of anilines is 1. The van der Waals surface area contributed by atoms with Crippen LogP contribution in [0.3, 0.4) is 0 Å². The fraction of sp³-hybridized carbons (Fsp3) is 0.444. The van der Waals surface area contributed by atoms with Crippen molar-refractivity contribution in [3.05, 3.63) is 12.0 Å². The van der Waals surface area contributed by atoms with Crippen LogP contribution in [0.4, 0.5) is 15.0 Å². The number of nitrogens with zero attached hydrogens (tertiary/aromatic N) is 2. The van der Waals surface area contributed by atoms with Gasteiger partial charge in [-0.15, -0.1) is 0 Å². The lowest BCUT2D eigenvalue weighted by Crippen LogP contribution is -2.18. The van der Waals surface area contributed by atoms with Crippen molar-refractivity contribution in [1.29, 1.82) is 0 Å². The van der Waals surface area contributed by atoms with Gasteiger partial charge in [-0.25, -0.2) is 14.2 Å². The summed E-state index contributed by atoms with van der Waals surface area (Å²) in [7, 11) is 0. The molecule has 7 heteroatoms. The first-order chi connectivity index (χ1) is 7.49. The Balaban J connectivity index is 2.59. The van der Waals surface area contributed by atoms with E-state index in [1.165, 1.54) is 0 Å². The Morgan fingerprint density at radius 1 is 1.69 bits per heavy atom. The van der Waals surface area contributed by atoms with E-state index >= 15 is 0 Å². The molecule has 1 heterocycles. The predicted octanol–water partition coefficient (Wildman–Crippen LogP) is 1.53. The number of ether oxygens (including phenoxy) is 1. The van der Waals surface area contributed by atoms with Crippen molar-refractivity contribution in [2.45, 2.75) is 13.8 Å². The van der Waals surface area contributed by atoms with Crippen molar-refractivity contribution >= 4 is 11.9 Å². The van der Waals surface area contributed by atoms with Gasteiger partial charge >= 0.3 is 12.1 Å². The van der Waals surface area contributed by atoms with E-state index in [0.717, 1.165) is 6.20 Å². The van der Waals surface area contributed by atoms with Crippen molar-refractivity contribution in [3.8, 4) is 6.01 Å². The second kappa shape index (κ2) is 5.24. The average Bonchev–Trinajstić information content (AvgIpc) is 2.20. The number of amides is 1. The Labute approximate surface area is 91.5 Å². The minimum Gasteiger partial charge on any atom is -0.479 e. The second-order valence-electron chi connectivity index (χ2n) is 3.48. The number of rotatable bonds is 3. The van der Waals surface area contributed by atoms with E-state index < -0.39 is 23.7 Å². The molecule has 0 atom stereocenters. The van der Waals surface area contributed by atoms with Gasteiger partial charge in [-0.1, -0.05) is 13.8 Å². The highest BCUT2D eigenvalue weighted by Gasteiger charge is 2.11. The van der Waals surface area contributed by atoms with Crippen LogP contribution in [0.1, 0.15) is 13.8 Å². The van der Waals surface area contributed by atoms with Crippen LogP contribution in [0.25, 0.3) is 0 Å². The average molecular weight is 229 g/mol. The molecular weight excluding hydrogens is 217 g/mol. The SMILES string of the molecule is CC(C)COC(=O)Nc1nc(O)ncc1F. The Bertz CT molecular complexity index is 384. The van der Waals surface area contributed by atoms with Crippen LogP contribution >= 0.6 is 0 Å². The molecule has 0 radical (unpaired) electrons. The summed E-state index contributed by atoms with van der Waals surface area (Å²) in [5.74, 6) is -1.09. The number of hydrogen-bond donors (Lipinski definition) is 2. The van der Waals surface area contributed by atoms with Gasteiger partial charge in [0.05, 0.1) is 12.8 Å². The first-order valence-corrected chi connectivity index (χ1v) is 4.64. The summed E-state index contributed by atoms with van der Waals surface area (Å²) in [6.07, 6.45) is -0.0777. The zero-order chi connectivity index (χ0) is 12.1. The Hall–Kier alpha value is -1.92. The molecule has 0 aliphatic heterocycles. The lowest BCUT2D eigenvalue weighted by Gasteiger charge is -2.08. The van der Waals surface area contributed by atoms with Crippen molar-refractivity contribution in [3.63, 3.8) is 0 Å². The predicted molar refractivity (Wildman–Crippen MR) is 53.5 cm³/mol. The zero-order valence-electron chi connectivity index (χ0n) is 8.90. The molecule has 1 aromatic heterocycles. The van der Waals surface area contributed by atoms with E-state index in [1.807, 2.05) is 13.8 Å². The van der Waals surface area contributed by atoms with Crippen LogP contribution in [0, 0.1) is 11.7 Å². The third kappa shape index (κ3) is 3.68. The van der Waals surface area contributed by atoms with Crippen LogP contribution in [0.2, 0.25) is 0 Å². The highest BCUT2D eigenvalue weighted by molar-refractivity contribution is 5.83. The summed E-state index contributed by atoms with van der Waals surface area (Å²) in [4.78, 5) is 17.6. The molecule has 1 amide bonds. The molecule has 0 aliphatic carbocycles. The molecule has 0 saturated heterocycles. The van der Waals surface area contributed by atoms with Gasteiger partial charge < -0.3 is 9.84 Å². The molecule has 2 N–H and O–H groups in total. The van der Waals surface area contributed by atoms with Crippen molar-refractivity contribution < 1.29 is 19.0 Å². The Morgan fingerprint density at radius 3 is 3.00 bits per heavy atom. The van der Waals surface area contributed by atoms with Crippen LogP contribution in [-0.4, -0.2) is 27.8 Å². The maximum absolute atomic E-state index is 13.0. The highest BCUT2D eigenvalue weighted by atomic mass is 19.1. The van der Waals surface area contributed by atoms with E-state index in [0.29, 0.717) is 0 Å². The normalized spacial score (nSPS) is 10.2. The fourth-order valence-corrected chi connectivity index (χ4v) is 0.821. The summed E-state index contributed by atoms with van der Waals surface area (Å²) in [5.41, 5.74) is 0. The summed E-state index contributed by atoms with van der Waals surface area (Å²) in [5, 5.41) is 10.9. The second-order valence-corrected chi connectivity index (χ2v) is 3.48. The smallest absolute Gasteiger partial charge is 0.412 e. The van der Waals surface area contributed by atoms with Gasteiger partial charge in [-0.2, -0.15) is 4.98 Å². The summed E-state index contributed by atoms with van der Waals surface area (Å²) in [6.45, 7) is 3.94. The van der Waals surface area contributed by atoms with Gasteiger partial charge in [0.1, 0.15) is 0 Å². The lowest BCUT2D eigenvalue weighted by molar-refractivity contribution is 0.147. The molecule has 0 saturated carbocycles. The van der Waals surface area contributed by atoms with Crippen molar-refractivity contribution in [1.82, 2.24) is 9.97 Å². The number of aromatic hydroxyl groups is 1. The van der Waals surface area contributed by atoms with Crippen LogP contribution < -0.4 is 5.32 Å². The summed E-state index contributed by atoms with van der Waals surface area (Å²) in [6, 6.07) is -0.624. The van der Waals surface area contributed by atoms with Gasteiger partial charge in [0.25, 0.3) is 0 Å². The van der Waals surface area contributed by atoms with Crippen molar-refractivity contribution in [2.75, 3.05) is 11.9 Å². The highest BCUT2D eigenvalue weighted by Crippen LogP contribution is 2.12. The number of hydrogen-bond acceptors (Lipinski definition) is 5. The number of aromatic nitrogens is 2. The van der Waals surface area contributed by atoms with Gasteiger partial charge in [0.15, 0.2) is 11.6 Å². The monoisotopic (exact) mass is 229 g/mol. The largest absolute Gasteiger partial charge is 0.479 e. The molecule has 0 bridgehead atoms. The molecule has 6 nitrogen and oxygen atoms in total. The van der Waals surface area contributed by atoms with Gasteiger partial charge in [0, 0.05) is 0 Å². The maximum Gasteiger partial charge on any atom is 0.412 e. The van der Waals surface area contributed by atoms with Gasteiger partial charge in [-0.3, -0.25) is 5.32 Å². The van der Waals surface area contributed by atoms with E-state index in [2.05, 4.69) is 15.3 Å². The number of carbonyl (C=O) groups excluding carboxylic acids is 1. The standard InChI is InChI=1S/C9H12FN3O3/c1-5(2)4-16-9(15)13-7-6(10)3-11-8(14)12-7/h3,5H,4H2,1-2H3,(H2,11,12,13,14,15). The van der Waals surface area contributed by atoms with Gasteiger partial charge in [0.2, 0.25) is 0 Å². The molecule has 0 spiro atoms. The minimum atomic E-state index is -0.848. The molecule has 0 unspecified atom stereocenters. The summed E-state index contributed by atoms with van der Waals surface area (Å²) < 4.78 is 17.8. The molecule has 0 aliphatic rings. The van der Waals surface area contributed by atoms with Crippen LogP contribution in [-0.2, 0) is 4.74 Å². The zero-order valence-corrected chi connectivity index (χ0v) is 8.90. The maximum atomic E-state index is 13.0. The third-order valence-electron chi connectivity index (χ3n) is 1.50. The molecule has 1 aromatic rings. The number of halogens is 1. The molecule has 1 rings (SSSR count). The molecule has 16 heavy (non-hydrogen) atoms. The molecular formula is C9H12FN3O3. The molecule has 0 aromatic carbocycles. The topological polar surface area (TPSA) is 84.3 Å². The fourth-order valence-electron chi connectivity index (χ4n) is 0.821. The minimum absolute atomic E-state index is 0.175. The molecule has 0 fully saturated rings. The molecule has 88 valence electrons. The quantitative estimate of drug-likeness (QED) is 0.820. The number of carbonyl (C=O) groups is 1. The van der Waals surface area contributed by atoms with Gasteiger partial charge in [-0.05, 0) is 5.92 Å². The third-order valence-corrected chi connectivity index (χ3v) is 1.50. The van der Waals surface area contributed by atoms with Crippen LogP contribution in [0.5, 0.6) is 6.01 Å². The van der Waals surface area contributed by atoms with E-state index in [4.69, 9.17) is 9.84 Å². The number of nitrogens with one attached hydrogen (secondary N) is 1. The van der Waals surface area contributed by atoms with Crippen LogP contribution in [0.15, 0.2) is 6.20 Å². The lowest BCUT2D eigenvalue weighted by atomic mass is 10.2. The van der Waals surface area contributed by atoms with E-state index in [1.54, 1.807) is 0 Å². The van der Waals surface area contributed by atoms with E-state index in [9.17, 15) is 9.18 Å². The first-order valence-electron chi connectivity index (χ1n) is 4.64. The first kappa shape index (κ1) is 12.2. The Kier molecular flexibility index (Phi) is 3.98. The van der Waals surface area contributed by atoms with Crippen molar-refractivity contribution in [2.24, 2.45) is 5.92 Å². The Morgan fingerprint density at radius 2 is 2.38 bits per heavy atom.